The standard InChI is InChI=1S/C20H19NO8S/c1-13-3-6-16(7-4-13)30(25,26)28-12-15-11-27-19-10-9-18(21(23)24)17(20(19)29-15)8-5-14(2)22/h3-10,15H,11-12H2,1-2H3/b8-5+. The minimum atomic E-state index is -4.01. The second-order valence-corrected chi connectivity index (χ2v) is 8.24. The SMILES string of the molecule is CC(=O)/C=C/c1c([N+](=O)[O-])ccc2c1OC(COS(=O)(=O)c1ccc(C)cc1)CO2. The molecular formula is C20H19NO8S. The normalized spacial score (nSPS) is 15.9. The Labute approximate surface area is 173 Å². The second-order valence-electron chi connectivity index (χ2n) is 6.63. The van der Waals surface area contributed by atoms with Gasteiger partial charge in [0.25, 0.3) is 15.8 Å². The number of rotatable bonds is 7. The predicted molar refractivity (Wildman–Crippen MR) is 107 cm³/mol. The monoisotopic (exact) mass is 433 g/mol. The van der Waals surface area contributed by atoms with Crippen molar-refractivity contribution in [2.45, 2.75) is 24.8 Å². The lowest BCUT2D eigenvalue weighted by molar-refractivity contribution is -0.385. The fraction of sp³-hybridized carbons (Fsp3) is 0.250. The number of ketones is 1. The molecule has 3 rings (SSSR count). The van der Waals surface area contributed by atoms with Crippen molar-refractivity contribution in [2.75, 3.05) is 13.2 Å². The Morgan fingerprint density at radius 3 is 2.60 bits per heavy atom. The van der Waals surface area contributed by atoms with Gasteiger partial charge < -0.3 is 9.47 Å². The Balaban J connectivity index is 1.82. The molecule has 1 heterocycles. The molecule has 1 aliphatic rings. The summed E-state index contributed by atoms with van der Waals surface area (Å²) in [4.78, 5) is 22.0. The molecule has 0 amide bonds. The van der Waals surface area contributed by atoms with Gasteiger partial charge in [-0.3, -0.25) is 19.1 Å². The van der Waals surface area contributed by atoms with Crippen molar-refractivity contribution in [2.24, 2.45) is 0 Å². The number of carbonyl (C=O) groups excluding carboxylic acids is 1. The first-order valence-electron chi connectivity index (χ1n) is 8.93. The van der Waals surface area contributed by atoms with Gasteiger partial charge >= 0.3 is 0 Å². The molecule has 158 valence electrons. The summed E-state index contributed by atoms with van der Waals surface area (Å²) < 4.78 is 41.1. The lowest BCUT2D eigenvalue weighted by Gasteiger charge is -2.27. The number of nitrogens with zero attached hydrogens (tertiary/aromatic N) is 1. The van der Waals surface area contributed by atoms with Crippen molar-refractivity contribution in [3.63, 3.8) is 0 Å². The Morgan fingerprint density at radius 1 is 1.27 bits per heavy atom. The van der Waals surface area contributed by atoms with Gasteiger partial charge in [-0.25, -0.2) is 0 Å². The second kappa shape index (κ2) is 8.64. The Bertz CT molecular complexity index is 1110. The van der Waals surface area contributed by atoms with Crippen molar-refractivity contribution in [3.05, 3.63) is 63.7 Å². The summed E-state index contributed by atoms with van der Waals surface area (Å²) in [5.41, 5.74) is 0.685. The molecule has 0 aliphatic carbocycles. The van der Waals surface area contributed by atoms with E-state index in [9.17, 15) is 23.3 Å². The van der Waals surface area contributed by atoms with Crippen LogP contribution in [0.4, 0.5) is 5.69 Å². The summed E-state index contributed by atoms with van der Waals surface area (Å²) >= 11 is 0. The van der Waals surface area contributed by atoms with Gasteiger partial charge in [0.15, 0.2) is 23.4 Å². The van der Waals surface area contributed by atoms with Crippen LogP contribution >= 0.6 is 0 Å². The number of nitro benzene ring substituents is 1. The number of allylic oxidation sites excluding steroid dienone is 1. The molecule has 1 atom stereocenters. The van der Waals surface area contributed by atoms with E-state index in [0.717, 1.165) is 5.56 Å². The molecule has 0 saturated carbocycles. The average Bonchev–Trinajstić information content (AvgIpc) is 2.70. The molecule has 0 spiro atoms. The van der Waals surface area contributed by atoms with Gasteiger partial charge in [-0.2, -0.15) is 8.42 Å². The molecule has 0 aromatic heterocycles. The van der Waals surface area contributed by atoms with Gasteiger partial charge in [-0.1, -0.05) is 17.7 Å². The fourth-order valence-electron chi connectivity index (χ4n) is 2.73. The van der Waals surface area contributed by atoms with Crippen LogP contribution in [0, 0.1) is 17.0 Å². The zero-order chi connectivity index (χ0) is 21.9. The van der Waals surface area contributed by atoms with E-state index in [-0.39, 0.29) is 46.6 Å². The quantitative estimate of drug-likeness (QED) is 0.283. The van der Waals surface area contributed by atoms with Gasteiger partial charge in [0.05, 0.1) is 15.4 Å². The molecule has 9 nitrogen and oxygen atoms in total. The number of carbonyl (C=O) groups is 1. The molecule has 1 unspecified atom stereocenters. The van der Waals surface area contributed by atoms with Crippen molar-refractivity contribution in [1.29, 1.82) is 0 Å². The van der Waals surface area contributed by atoms with E-state index in [1.807, 2.05) is 6.92 Å². The summed E-state index contributed by atoms with van der Waals surface area (Å²) in [6, 6.07) is 8.82. The van der Waals surface area contributed by atoms with Crippen LogP contribution in [-0.4, -0.2) is 38.4 Å². The number of hydrogen-bond donors (Lipinski definition) is 0. The predicted octanol–water partition coefficient (Wildman–Crippen LogP) is 3.05. The number of aryl methyl sites for hydroxylation is 1. The van der Waals surface area contributed by atoms with E-state index >= 15 is 0 Å². The average molecular weight is 433 g/mol. The van der Waals surface area contributed by atoms with E-state index in [4.69, 9.17) is 13.7 Å². The smallest absolute Gasteiger partial charge is 0.297 e. The molecule has 30 heavy (non-hydrogen) atoms. The first-order valence-corrected chi connectivity index (χ1v) is 10.3. The van der Waals surface area contributed by atoms with Crippen molar-refractivity contribution in [3.8, 4) is 11.5 Å². The van der Waals surface area contributed by atoms with E-state index in [1.165, 1.54) is 43.3 Å². The third kappa shape index (κ3) is 4.84. The summed E-state index contributed by atoms with van der Waals surface area (Å²) in [5.74, 6) is -0.00145. The Hall–Kier alpha value is -3.24. The van der Waals surface area contributed by atoms with E-state index in [0.29, 0.717) is 0 Å². The Kier molecular flexibility index (Phi) is 6.18. The van der Waals surface area contributed by atoms with Crippen molar-refractivity contribution < 1.29 is 31.8 Å². The zero-order valence-electron chi connectivity index (χ0n) is 16.2. The van der Waals surface area contributed by atoms with Gasteiger partial charge in [-0.15, -0.1) is 0 Å². The van der Waals surface area contributed by atoms with Gasteiger partial charge in [0.1, 0.15) is 13.2 Å². The highest BCUT2D eigenvalue weighted by Gasteiger charge is 2.29. The molecule has 2 aromatic rings. The molecule has 1 aliphatic heterocycles. The first kappa shape index (κ1) is 21.5. The first-order chi connectivity index (χ1) is 14.2. The summed E-state index contributed by atoms with van der Waals surface area (Å²) in [6.07, 6.45) is 1.62. The van der Waals surface area contributed by atoms with Crippen LogP contribution in [0.25, 0.3) is 6.08 Å². The van der Waals surface area contributed by atoms with Crippen LogP contribution in [0.3, 0.4) is 0 Å². The molecule has 0 bridgehead atoms. The molecule has 10 heteroatoms. The number of benzene rings is 2. The number of ether oxygens (including phenoxy) is 2. The number of nitro groups is 1. The van der Waals surface area contributed by atoms with E-state index < -0.39 is 21.1 Å². The molecule has 0 fully saturated rings. The lowest BCUT2D eigenvalue weighted by atomic mass is 10.1. The topological polar surface area (TPSA) is 122 Å². The maximum Gasteiger partial charge on any atom is 0.297 e. The highest BCUT2D eigenvalue weighted by atomic mass is 32.2. The maximum absolute atomic E-state index is 12.4. The molecule has 0 saturated heterocycles. The number of hydrogen-bond acceptors (Lipinski definition) is 8. The van der Waals surface area contributed by atoms with Crippen LogP contribution in [0.15, 0.2) is 47.4 Å². The van der Waals surface area contributed by atoms with Crippen LogP contribution in [0.2, 0.25) is 0 Å². The third-order valence-electron chi connectivity index (χ3n) is 4.25. The van der Waals surface area contributed by atoms with Crippen LogP contribution in [0.1, 0.15) is 18.1 Å². The molecule has 2 aromatic carbocycles. The largest absolute Gasteiger partial charge is 0.486 e. The zero-order valence-corrected chi connectivity index (χ0v) is 17.0. The van der Waals surface area contributed by atoms with E-state index in [1.54, 1.807) is 12.1 Å². The molecule has 0 radical (unpaired) electrons. The van der Waals surface area contributed by atoms with Crippen LogP contribution in [0.5, 0.6) is 11.5 Å². The van der Waals surface area contributed by atoms with Crippen molar-refractivity contribution in [1.82, 2.24) is 0 Å². The molecule has 0 N–H and O–H groups in total. The van der Waals surface area contributed by atoms with E-state index in [2.05, 4.69) is 0 Å². The van der Waals surface area contributed by atoms with Gasteiger partial charge in [-0.05, 0) is 44.2 Å². The van der Waals surface area contributed by atoms with Crippen molar-refractivity contribution >= 4 is 27.7 Å². The van der Waals surface area contributed by atoms with Crippen LogP contribution < -0.4 is 9.47 Å². The Morgan fingerprint density at radius 2 is 1.97 bits per heavy atom. The highest BCUT2D eigenvalue weighted by Crippen LogP contribution is 2.41. The summed E-state index contributed by atoms with van der Waals surface area (Å²) in [7, 11) is -4.01. The van der Waals surface area contributed by atoms with Gasteiger partial charge in [0.2, 0.25) is 0 Å². The fourth-order valence-corrected chi connectivity index (χ4v) is 3.67. The molecular weight excluding hydrogens is 414 g/mol. The maximum atomic E-state index is 12.4. The summed E-state index contributed by atoms with van der Waals surface area (Å²) in [5, 5.41) is 11.4. The van der Waals surface area contributed by atoms with Gasteiger partial charge in [0, 0.05) is 6.07 Å². The minimum Gasteiger partial charge on any atom is -0.486 e. The lowest BCUT2D eigenvalue weighted by Crippen LogP contribution is -2.34. The summed E-state index contributed by atoms with van der Waals surface area (Å²) in [6.45, 7) is 2.78. The third-order valence-corrected chi connectivity index (χ3v) is 5.54. The van der Waals surface area contributed by atoms with Crippen LogP contribution in [-0.2, 0) is 19.1 Å². The number of fused-ring (bicyclic) bond motifs is 1. The highest BCUT2D eigenvalue weighted by molar-refractivity contribution is 7.86. The minimum absolute atomic E-state index is 0.00551.